The van der Waals surface area contributed by atoms with Gasteiger partial charge in [-0.15, -0.1) is 0 Å². The molecule has 0 fully saturated rings. The Morgan fingerprint density at radius 3 is 3.08 bits per heavy atom. The summed E-state index contributed by atoms with van der Waals surface area (Å²) in [7, 11) is 0. The topological polar surface area (TPSA) is 63.3 Å². The second-order valence-corrected chi connectivity index (χ2v) is 2.52. The quantitative estimate of drug-likeness (QED) is 0.653. The maximum absolute atomic E-state index is 9.32. The number of aliphatic hydroxyl groups excluding tert-OH is 1. The maximum atomic E-state index is 9.32. The first kappa shape index (κ1) is 7.17. The fourth-order valence-electron chi connectivity index (χ4n) is 1.07. The highest BCUT2D eigenvalue weighted by molar-refractivity contribution is 5.27. The Morgan fingerprint density at radius 2 is 2.33 bits per heavy atom. The third kappa shape index (κ3) is 0.947. The SMILES string of the molecule is C[C@@H](O)c1ccnc2ncnn12. The summed E-state index contributed by atoms with van der Waals surface area (Å²) in [5, 5.41) is 13.2. The normalized spacial score (nSPS) is 13.5. The van der Waals surface area contributed by atoms with Crippen molar-refractivity contribution in [3.8, 4) is 0 Å². The molecule has 12 heavy (non-hydrogen) atoms. The molecule has 0 aliphatic heterocycles. The van der Waals surface area contributed by atoms with E-state index in [0.717, 1.165) is 0 Å². The van der Waals surface area contributed by atoms with E-state index in [2.05, 4.69) is 15.1 Å². The summed E-state index contributed by atoms with van der Waals surface area (Å²) in [4.78, 5) is 7.85. The fraction of sp³-hybridized carbons (Fsp3) is 0.286. The van der Waals surface area contributed by atoms with E-state index < -0.39 is 6.10 Å². The molecular weight excluding hydrogens is 156 g/mol. The Labute approximate surface area is 68.7 Å². The van der Waals surface area contributed by atoms with Gasteiger partial charge in [0.05, 0.1) is 11.8 Å². The van der Waals surface area contributed by atoms with E-state index in [1.807, 2.05) is 0 Å². The minimum atomic E-state index is -0.558. The molecule has 2 rings (SSSR count). The number of aliphatic hydroxyl groups is 1. The van der Waals surface area contributed by atoms with Crippen molar-refractivity contribution < 1.29 is 5.11 Å². The van der Waals surface area contributed by atoms with Crippen molar-refractivity contribution in [1.82, 2.24) is 19.6 Å². The lowest BCUT2D eigenvalue weighted by molar-refractivity contribution is 0.191. The molecule has 0 aromatic carbocycles. The minimum Gasteiger partial charge on any atom is -0.387 e. The minimum absolute atomic E-state index is 0.508. The number of hydrogen-bond acceptors (Lipinski definition) is 4. The fourth-order valence-corrected chi connectivity index (χ4v) is 1.07. The second kappa shape index (κ2) is 2.53. The van der Waals surface area contributed by atoms with Gasteiger partial charge < -0.3 is 5.11 Å². The van der Waals surface area contributed by atoms with Crippen molar-refractivity contribution in [1.29, 1.82) is 0 Å². The van der Waals surface area contributed by atoms with Crippen LogP contribution in [0.25, 0.3) is 5.78 Å². The average molecular weight is 164 g/mol. The van der Waals surface area contributed by atoms with Crippen LogP contribution in [-0.2, 0) is 0 Å². The molecule has 5 nitrogen and oxygen atoms in total. The van der Waals surface area contributed by atoms with Gasteiger partial charge in [0.15, 0.2) is 0 Å². The third-order valence-corrected chi connectivity index (χ3v) is 1.64. The Kier molecular flexibility index (Phi) is 1.51. The molecule has 0 radical (unpaired) electrons. The van der Waals surface area contributed by atoms with Crippen molar-refractivity contribution in [2.75, 3.05) is 0 Å². The molecule has 5 heteroatoms. The molecule has 62 valence electrons. The zero-order valence-corrected chi connectivity index (χ0v) is 6.55. The van der Waals surface area contributed by atoms with Crippen LogP contribution in [0.15, 0.2) is 18.6 Å². The Bertz CT molecular complexity index is 395. The summed E-state index contributed by atoms with van der Waals surface area (Å²) in [5.74, 6) is 0.508. The lowest BCUT2D eigenvalue weighted by atomic mass is 10.3. The Morgan fingerprint density at radius 1 is 1.50 bits per heavy atom. The summed E-state index contributed by atoms with van der Waals surface area (Å²) >= 11 is 0. The van der Waals surface area contributed by atoms with E-state index >= 15 is 0 Å². The van der Waals surface area contributed by atoms with E-state index in [1.54, 1.807) is 19.2 Å². The molecule has 0 amide bonds. The van der Waals surface area contributed by atoms with E-state index in [-0.39, 0.29) is 0 Å². The molecule has 0 aliphatic carbocycles. The van der Waals surface area contributed by atoms with Crippen molar-refractivity contribution >= 4 is 5.78 Å². The van der Waals surface area contributed by atoms with Gasteiger partial charge >= 0.3 is 0 Å². The van der Waals surface area contributed by atoms with Crippen LogP contribution in [0.2, 0.25) is 0 Å². The smallest absolute Gasteiger partial charge is 0.252 e. The van der Waals surface area contributed by atoms with Gasteiger partial charge in [0.2, 0.25) is 0 Å². The molecule has 0 saturated heterocycles. The number of aromatic nitrogens is 4. The van der Waals surface area contributed by atoms with E-state index in [4.69, 9.17) is 0 Å². The average Bonchev–Trinajstić information content (AvgIpc) is 2.49. The number of fused-ring (bicyclic) bond motifs is 1. The molecule has 0 saturated carbocycles. The first-order chi connectivity index (χ1) is 5.79. The third-order valence-electron chi connectivity index (χ3n) is 1.64. The van der Waals surface area contributed by atoms with Gasteiger partial charge in [0.1, 0.15) is 6.33 Å². The molecule has 0 aliphatic rings. The van der Waals surface area contributed by atoms with Crippen LogP contribution >= 0.6 is 0 Å². The summed E-state index contributed by atoms with van der Waals surface area (Å²) in [5.41, 5.74) is 0.692. The molecule has 2 aromatic heterocycles. The van der Waals surface area contributed by atoms with Gasteiger partial charge in [0, 0.05) is 6.20 Å². The first-order valence-corrected chi connectivity index (χ1v) is 3.62. The molecule has 2 aromatic rings. The maximum Gasteiger partial charge on any atom is 0.252 e. The summed E-state index contributed by atoms with van der Waals surface area (Å²) in [6.07, 6.45) is 2.46. The van der Waals surface area contributed by atoms with Crippen LogP contribution in [0.5, 0.6) is 0 Å². The van der Waals surface area contributed by atoms with Gasteiger partial charge in [-0.05, 0) is 13.0 Å². The highest BCUT2D eigenvalue weighted by atomic mass is 16.3. The first-order valence-electron chi connectivity index (χ1n) is 3.62. The van der Waals surface area contributed by atoms with Gasteiger partial charge in [0.25, 0.3) is 5.78 Å². The van der Waals surface area contributed by atoms with E-state index in [9.17, 15) is 5.11 Å². The molecule has 0 unspecified atom stereocenters. The van der Waals surface area contributed by atoms with Crippen LogP contribution in [0.4, 0.5) is 0 Å². The number of hydrogen-bond donors (Lipinski definition) is 1. The number of rotatable bonds is 1. The van der Waals surface area contributed by atoms with E-state index in [1.165, 1.54) is 10.8 Å². The van der Waals surface area contributed by atoms with Gasteiger partial charge in [-0.3, -0.25) is 0 Å². The molecule has 1 N–H and O–H groups in total. The predicted molar refractivity (Wildman–Crippen MR) is 41.4 cm³/mol. The summed E-state index contributed by atoms with van der Waals surface area (Å²) in [6, 6.07) is 1.71. The van der Waals surface area contributed by atoms with E-state index in [0.29, 0.717) is 11.5 Å². The summed E-state index contributed by atoms with van der Waals surface area (Å²) < 4.78 is 1.52. The molecule has 2 heterocycles. The lowest BCUT2D eigenvalue weighted by Crippen LogP contribution is -2.03. The Hall–Kier alpha value is -1.49. The molecular formula is C7H8N4O. The zero-order valence-electron chi connectivity index (χ0n) is 6.55. The van der Waals surface area contributed by atoms with Gasteiger partial charge in [-0.1, -0.05) is 0 Å². The van der Waals surface area contributed by atoms with Gasteiger partial charge in [-0.2, -0.15) is 14.6 Å². The van der Waals surface area contributed by atoms with Crippen LogP contribution < -0.4 is 0 Å². The van der Waals surface area contributed by atoms with Crippen molar-refractivity contribution in [2.45, 2.75) is 13.0 Å². The predicted octanol–water partition coefficient (Wildman–Crippen LogP) is 0.178. The molecule has 0 bridgehead atoms. The summed E-state index contributed by atoms with van der Waals surface area (Å²) in [6.45, 7) is 1.68. The lowest BCUT2D eigenvalue weighted by Gasteiger charge is -2.04. The monoisotopic (exact) mass is 164 g/mol. The van der Waals surface area contributed by atoms with Crippen LogP contribution in [0.1, 0.15) is 18.7 Å². The molecule has 1 atom stereocenters. The number of nitrogens with zero attached hydrogens (tertiary/aromatic N) is 4. The van der Waals surface area contributed by atoms with Crippen molar-refractivity contribution in [3.05, 3.63) is 24.3 Å². The standard InChI is InChI=1S/C7H8N4O/c1-5(12)6-2-3-8-7-9-4-10-11(6)7/h2-5,12H,1H3/t5-/m1/s1. The van der Waals surface area contributed by atoms with Crippen molar-refractivity contribution in [3.63, 3.8) is 0 Å². The Balaban J connectivity index is 2.73. The zero-order chi connectivity index (χ0) is 8.55. The molecule has 0 spiro atoms. The van der Waals surface area contributed by atoms with Crippen LogP contribution in [0.3, 0.4) is 0 Å². The second-order valence-electron chi connectivity index (χ2n) is 2.52. The van der Waals surface area contributed by atoms with Crippen molar-refractivity contribution in [2.24, 2.45) is 0 Å². The highest BCUT2D eigenvalue weighted by Gasteiger charge is 2.06. The van der Waals surface area contributed by atoms with Crippen LogP contribution in [0, 0.1) is 0 Å². The van der Waals surface area contributed by atoms with Crippen LogP contribution in [-0.4, -0.2) is 24.7 Å². The largest absolute Gasteiger partial charge is 0.387 e. The van der Waals surface area contributed by atoms with Gasteiger partial charge in [-0.25, -0.2) is 4.98 Å². The highest BCUT2D eigenvalue weighted by Crippen LogP contribution is 2.09.